The quantitative estimate of drug-likeness (QED) is 0.357. The summed E-state index contributed by atoms with van der Waals surface area (Å²) < 4.78 is 20.8. The summed E-state index contributed by atoms with van der Waals surface area (Å²) >= 11 is 0. The predicted octanol–water partition coefficient (Wildman–Crippen LogP) is 4.71. The number of hydrogen-bond acceptors (Lipinski definition) is 4. The van der Waals surface area contributed by atoms with Gasteiger partial charge in [0.1, 0.15) is 17.2 Å². The number of ether oxygens (including phenoxy) is 1. The van der Waals surface area contributed by atoms with Crippen LogP contribution in [0.5, 0.6) is 0 Å². The molecule has 3 aromatic heterocycles. The summed E-state index contributed by atoms with van der Waals surface area (Å²) in [5.41, 5.74) is 7.14. The SMILES string of the molecule is Cc1cc2c(cc1C(=O)N1CCc3[nH]c(-c4ccc(F)cc4)cc3C1)[nH]c(=O)c1cnc(C3CCOCC3)n12. The molecule has 0 bridgehead atoms. The molecule has 2 aliphatic heterocycles. The van der Waals surface area contributed by atoms with Crippen LogP contribution in [0.25, 0.3) is 27.8 Å². The second-order valence-corrected chi connectivity index (χ2v) is 10.5. The van der Waals surface area contributed by atoms with Gasteiger partial charge in [0.15, 0.2) is 0 Å². The maximum absolute atomic E-state index is 13.8. The molecule has 9 heteroatoms. The lowest BCUT2D eigenvalue weighted by atomic mass is 9.99. The fourth-order valence-corrected chi connectivity index (χ4v) is 5.98. The molecule has 5 heterocycles. The highest BCUT2D eigenvalue weighted by atomic mass is 19.1. The number of H-pyrrole nitrogens is 2. The van der Waals surface area contributed by atoms with Crippen molar-refractivity contribution in [3.05, 3.63) is 93.0 Å². The number of imidazole rings is 1. The third-order valence-electron chi connectivity index (χ3n) is 8.10. The van der Waals surface area contributed by atoms with Crippen molar-refractivity contribution >= 4 is 22.5 Å². The summed E-state index contributed by atoms with van der Waals surface area (Å²) in [6.07, 6.45) is 4.07. The highest BCUT2D eigenvalue weighted by Crippen LogP contribution is 2.30. The fourth-order valence-electron chi connectivity index (χ4n) is 5.98. The highest BCUT2D eigenvalue weighted by Gasteiger charge is 2.27. The van der Waals surface area contributed by atoms with Crippen LogP contribution in [-0.4, -0.2) is 49.9 Å². The number of nitrogens with one attached hydrogen (secondary N) is 2. The van der Waals surface area contributed by atoms with Crippen molar-refractivity contribution in [2.75, 3.05) is 19.8 Å². The number of rotatable bonds is 3. The molecule has 0 saturated carbocycles. The summed E-state index contributed by atoms with van der Waals surface area (Å²) in [7, 11) is 0. The Bertz CT molecular complexity index is 1790. The number of halogens is 1. The van der Waals surface area contributed by atoms with E-state index in [4.69, 9.17) is 4.74 Å². The van der Waals surface area contributed by atoms with Crippen molar-refractivity contribution in [1.82, 2.24) is 24.3 Å². The molecule has 39 heavy (non-hydrogen) atoms. The minimum absolute atomic E-state index is 0.0687. The Morgan fingerprint density at radius 1 is 1.08 bits per heavy atom. The van der Waals surface area contributed by atoms with Gasteiger partial charge >= 0.3 is 0 Å². The topological polar surface area (TPSA) is 95.5 Å². The van der Waals surface area contributed by atoms with E-state index in [2.05, 4.69) is 15.0 Å². The lowest BCUT2D eigenvalue weighted by Gasteiger charge is -2.27. The highest BCUT2D eigenvalue weighted by molar-refractivity contribution is 5.99. The summed E-state index contributed by atoms with van der Waals surface area (Å²) in [6, 6.07) is 12.2. The minimum Gasteiger partial charge on any atom is -0.381 e. The van der Waals surface area contributed by atoms with E-state index in [-0.39, 0.29) is 23.2 Å². The first-order chi connectivity index (χ1) is 19.0. The van der Waals surface area contributed by atoms with Gasteiger partial charge in [0.05, 0.1) is 17.2 Å². The average Bonchev–Trinajstić information content (AvgIpc) is 3.59. The number of hydrogen-bond donors (Lipinski definition) is 2. The van der Waals surface area contributed by atoms with E-state index in [1.807, 2.05) is 28.4 Å². The van der Waals surface area contributed by atoms with E-state index >= 15 is 0 Å². The van der Waals surface area contributed by atoms with Gasteiger partial charge in [0.2, 0.25) is 0 Å². The van der Waals surface area contributed by atoms with Crippen LogP contribution in [0.15, 0.2) is 53.5 Å². The monoisotopic (exact) mass is 525 g/mol. The van der Waals surface area contributed by atoms with Gasteiger partial charge in [0.25, 0.3) is 11.5 Å². The maximum Gasteiger partial charge on any atom is 0.274 e. The smallest absolute Gasteiger partial charge is 0.274 e. The van der Waals surface area contributed by atoms with Crippen LogP contribution in [0, 0.1) is 12.7 Å². The van der Waals surface area contributed by atoms with E-state index in [0.29, 0.717) is 49.3 Å². The largest absolute Gasteiger partial charge is 0.381 e. The Hall–Kier alpha value is -4.24. The zero-order valence-electron chi connectivity index (χ0n) is 21.6. The number of aromatic amines is 2. The van der Waals surface area contributed by atoms with Gasteiger partial charge in [-0.05, 0) is 78.9 Å². The van der Waals surface area contributed by atoms with Crippen LogP contribution >= 0.6 is 0 Å². The van der Waals surface area contributed by atoms with E-state index < -0.39 is 0 Å². The second-order valence-electron chi connectivity index (χ2n) is 10.5. The normalized spacial score (nSPS) is 16.2. The predicted molar refractivity (Wildman–Crippen MR) is 145 cm³/mol. The first-order valence-corrected chi connectivity index (χ1v) is 13.3. The lowest BCUT2D eigenvalue weighted by Crippen LogP contribution is -2.36. The third kappa shape index (κ3) is 4.04. The van der Waals surface area contributed by atoms with Gasteiger partial charge in [-0.15, -0.1) is 0 Å². The molecule has 2 N–H and O–H groups in total. The lowest BCUT2D eigenvalue weighted by molar-refractivity contribution is 0.0733. The number of amides is 1. The first-order valence-electron chi connectivity index (χ1n) is 13.3. The summed E-state index contributed by atoms with van der Waals surface area (Å²) in [6.45, 7) is 4.36. The number of fused-ring (bicyclic) bond motifs is 4. The van der Waals surface area contributed by atoms with E-state index in [1.54, 1.807) is 24.4 Å². The molecule has 0 unspecified atom stereocenters. The van der Waals surface area contributed by atoms with Crippen molar-refractivity contribution in [2.45, 2.75) is 38.6 Å². The molecule has 0 radical (unpaired) electrons. The van der Waals surface area contributed by atoms with Crippen LogP contribution in [0.4, 0.5) is 4.39 Å². The third-order valence-corrected chi connectivity index (χ3v) is 8.10. The average molecular weight is 526 g/mol. The summed E-state index contributed by atoms with van der Waals surface area (Å²) in [4.78, 5) is 39.6. The molecule has 5 aromatic rings. The molecule has 2 aliphatic rings. The number of carbonyl (C=O) groups is 1. The van der Waals surface area contributed by atoms with Crippen molar-refractivity contribution in [3.63, 3.8) is 0 Å². The second kappa shape index (κ2) is 9.20. The Labute approximate surface area is 223 Å². The first kappa shape index (κ1) is 23.8. The van der Waals surface area contributed by atoms with Gasteiger partial charge in [-0.1, -0.05) is 0 Å². The molecule has 0 aliphatic carbocycles. The Kier molecular flexibility index (Phi) is 5.62. The molecular weight excluding hydrogens is 497 g/mol. The molecule has 0 atom stereocenters. The standard InChI is InChI=1S/C30H28FN5O3/c1-17-12-26-25(34-29(37)27-15-32-28(36(26)27)19-7-10-39-11-8-19)14-22(17)30(38)35-9-6-23-20(16-35)13-24(33-23)18-2-4-21(31)5-3-18/h2-5,12-15,19,33H,6-11,16H2,1H3,(H,34,37). The Balaban J connectivity index is 1.22. The van der Waals surface area contributed by atoms with Crippen LogP contribution in [-0.2, 0) is 17.7 Å². The minimum atomic E-state index is -0.271. The summed E-state index contributed by atoms with van der Waals surface area (Å²) in [5.74, 6) is 0.751. The molecular formula is C30H28FN5O3. The van der Waals surface area contributed by atoms with Crippen molar-refractivity contribution < 1.29 is 13.9 Å². The zero-order valence-corrected chi connectivity index (χ0v) is 21.6. The molecule has 198 valence electrons. The molecule has 0 spiro atoms. The maximum atomic E-state index is 13.8. The number of aryl methyl sites for hydroxylation is 1. The molecule has 8 nitrogen and oxygen atoms in total. The van der Waals surface area contributed by atoms with Crippen molar-refractivity contribution in [2.24, 2.45) is 0 Å². The van der Waals surface area contributed by atoms with E-state index in [0.717, 1.165) is 52.3 Å². The molecule has 1 saturated heterocycles. The number of carbonyl (C=O) groups excluding carboxylic acids is 1. The fraction of sp³-hybridized carbons (Fsp3) is 0.300. The summed E-state index contributed by atoms with van der Waals surface area (Å²) in [5, 5.41) is 0. The van der Waals surface area contributed by atoms with Crippen molar-refractivity contribution in [1.29, 1.82) is 0 Å². The van der Waals surface area contributed by atoms with E-state index in [1.165, 1.54) is 12.1 Å². The number of benzene rings is 2. The Morgan fingerprint density at radius 2 is 1.87 bits per heavy atom. The number of aromatic nitrogens is 4. The van der Waals surface area contributed by atoms with Gasteiger partial charge in [0, 0.05) is 55.6 Å². The molecule has 1 fully saturated rings. The Morgan fingerprint density at radius 3 is 2.67 bits per heavy atom. The van der Waals surface area contributed by atoms with Crippen LogP contribution in [0.2, 0.25) is 0 Å². The molecule has 2 aromatic carbocycles. The van der Waals surface area contributed by atoms with E-state index in [9.17, 15) is 14.0 Å². The van der Waals surface area contributed by atoms with Crippen molar-refractivity contribution in [3.8, 4) is 11.3 Å². The number of nitrogens with zero attached hydrogens (tertiary/aromatic N) is 3. The zero-order chi connectivity index (χ0) is 26.7. The van der Waals surface area contributed by atoms with Gasteiger partial charge in [-0.2, -0.15) is 0 Å². The van der Waals surface area contributed by atoms with Crippen LogP contribution in [0.3, 0.4) is 0 Å². The molecule has 1 amide bonds. The van der Waals surface area contributed by atoms with Crippen LogP contribution < -0.4 is 5.56 Å². The van der Waals surface area contributed by atoms with Crippen LogP contribution in [0.1, 0.15) is 51.8 Å². The molecule has 7 rings (SSSR count). The van der Waals surface area contributed by atoms with Gasteiger partial charge in [-0.3, -0.25) is 14.0 Å². The van der Waals surface area contributed by atoms with Gasteiger partial charge in [-0.25, -0.2) is 9.37 Å². The van der Waals surface area contributed by atoms with Gasteiger partial charge < -0.3 is 19.6 Å².